The van der Waals surface area contributed by atoms with Crippen LogP contribution >= 0.6 is 11.6 Å². The van der Waals surface area contributed by atoms with E-state index in [1.54, 1.807) is 34.9 Å². The van der Waals surface area contributed by atoms with E-state index in [4.69, 9.17) is 20.8 Å². The third kappa shape index (κ3) is 4.64. The minimum Gasteiger partial charge on any atom is -0.493 e. The molecular formula is C26H18ClN3O5. The maximum Gasteiger partial charge on any atom is 0.336 e. The molecule has 8 nitrogen and oxygen atoms in total. The van der Waals surface area contributed by atoms with Gasteiger partial charge in [-0.15, -0.1) is 10.2 Å². The van der Waals surface area contributed by atoms with Crippen molar-refractivity contribution in [3.05, 3.63) is 99.9 Å². The van der Waals surface area contributed by atoms with E-state index in [9.17, 15) is 14.7 Å². The molecule has 2 aromatic heterocycles. The predicted molar refractivity (Wildman–Crippen MR) is 132 cm³/mol. The largest absolute Gasteiger partial charge is 0.493 e. The summed E-state index contributed by atoms with van der Waals surface area (Å²) in [5.74, 6) is -0.440. The van der Waals surface area contributed by atoms with Crippen LogP contribution < -0.4 is 10.4 Å². The van der Waals surface area contributed by atoms with E-state index in [1.165, 1.54) is 12.1 Å². The first-order valence-corrected chi connectivity index (χ1v) is 11.0. The summed E-state index contributed by atoms with van der Waals surface area (Å²) in [5.41, 5.74) is 1.59. The van der Waals surface area contributed by atoms with Crippen LogP contribution in [-0.4, -0.2) is 22.2 Å². The number of carbonyl (C=O) groups excluding carboxylic acids is 1. The van der Waals surface area contributed by atoms with Crippen LogP contribution in [-0.2, 0) is 11.3 Å². The highest BCUT2D eigenvalue weighted by molar-refractivity contribution is 6.31. The van der Waals surface area contributed by atoms with Gasteiger partial charge >= 0.3 is 11.5 Å². The number of rotatable bonds is 6. The molecule has 0 saturated carbocycles. The van der Waals surface area contributed by atoms with Crippen LogP contribution in [0.4, 0.5) is 5.69 Å². The number of benzene rings is 3. The summed E-state index contributed by atoms with van der Waals surface area (Å²) in [7, 11) is 0. The number of hydrogen-bond acceptors (Lipinski definition) is 6. The summed E-state index contributed by atoms with van der Waals surface area (Å²) in [5, 5.41) is 20.6. The van der Waals surface area contributed by atoms with E-state index in [0.717, 1.165) is 16.5 Å². The zero-order valence-electron chi connectivity index (χ0n) is 18.2. The Bertz CT molecular complexity index is 1650. The van der Waals surface area contributed by atoms with Gasteiger partial charge in [0.25, 0.3) is 0 Å². The van der Waals surface area contributed by atoms with Gasteiger partial charge in [-0.1, -0.05) is 48.0 Å². The van der Waals surface area contributed by atoms with Crippen LogP contribution in [0.15, 0.2) is 98.3 Å². The maximum absolute atomic E-state index is 12.3. The Labute approximate surface area is 203 Å². The van der Waals surface area contributed by atoms with Crippen molar-refractivity contribution < 1.29 is 19.1 Å². The SMILES string of the molecule is O=C(COc1ccc2ccc(=O)oc2c1)N=Nc1c(O)n(Cc2ccccc2Cl)c2ccccc12. The van der Waals surface area contributed by atoms with Crippen LogP contribution in [0.3, 0.4) is 0 Å². The van der Waals surface area contributed by atoms with Crippen LogP contribution in [0, 0.1) is 0 Å². The standard InChI is InChI=1S/C26H18ClN3O5/c27-20-7-3-1-5-17(20)14-30-21-8-4-2-6-19(21)25(26(30)33)29-28-23(31)15-34-18-11-9-16-10-12-24(32)35-22(16)13-18/h1-13,33H,14-15H2. The zero-order valence-corrected chi connectivity index (χ0v) is 19.0. The van der Waals surface area contributed by atoms with Crippen LogP contribution in [0.1, 0.15) is 5.56 Å². The normalized spacial score (nSPS) is 11.5. The average Bonchev–Trinajstić information content (AvgIpc) is 3.13. The molecule has 0 atom stereocenters. The summed E-state index contributed by atoms with van der Waals surface area (Å²) in [6.45, 7) is -0.0677. The predicted octanol–water partition coefficient (Wildman–Crippen LogP) is 5.84. The number of aromatic hydroxyl groups is 1. The Morgan fingerprint density at radius 2 is 1.80 bits per heavy atom. The summed E-state index contributed by atoms with van der Waals surface area (Å²) in [6, 6.07) is 22.5. The summed E-state index contributed by atoms with van der Waals surface area (Å²) in [4.78, 5) is 23.7. The van der Waals surface area contributed by atoms with Crippen molar-refractivity contribution in [3.8, 4) is 11.6 Å². The Morgan fingerprint density at radius 3 is 2.66 bits per heavy atom. The summed E-state index contributed by atoms with van der Waals surface area (Å²) < 4.78 is 12.3. The fourth-order valence-corrected chi connectivity index (χ4v) is 3.93. The molecule has 2 heterocycles. The number of azo groups is 1. The lowest BCUT2D eigenvalue weighted by molar-refractivity contribution is -0.120. The zero-order chi connectivity index (χ0) is 24.4. The second kappa shape index (κ2) is 9.44. The lowest BCUT2D eigenvalue weighted by Crippen LogP contribution is -2.07. The van der Waals surface area contributed by atoms with E-state index in [0.29, 0.717) is 28.3 Å². The fourth-order valence-electron chi connectivity index (χ4n) is 3.74. The van der Waals surface area contributed by atoms with E-state index in [2.05, 4.69) is 10.2 Å². The number of ether oxygens (including phenoxy) is 1. The molecule has 35 heavy (non-hydrogen) atoms. The minimum absolute atomic E-state index is 0.131. The molecule has 0 unspecified atom stereocenters. The molecule has 0 bridgehead atoms. The molecule has 5 rings (SSSR count). The number of carbonyl (C=O) groups is 1. The van der Waals surface area contributed by atoms with Gasteiger partial charge in [-0.05, 0) is 35.9 Å². The quantitative estimate of drug-likeness (QED) is 0.239. The second-order valence-corrected chi connectivity index (χ2v) is 8.11. The second-order valence-electron chi connectivity index (χ2n) is 7.70. The van der Waals surface area contributed by atoms with Crippen LogP contribution in [0.25, 0.3) is 21.9 Å². The molecule has 0 saturated heterocycles. The monoisotopic (exact) mass is 487 g/mol. The molecule has 174 valence electrons. The number of hydrogen-bond donors (Lipinski definition) is 1. The van der Waals surface area contributed by atoms with Crippen molar-refractivity contribution in [1.29, 1.82) is 0 Å². The molecule has 1 amide bonds. The molecule has 5 aromatic rings. The molecule has 0 aliphatic heterocycles. The number of amides is 1. The molecular weight excluding hydrogens is 470 g/mol. The number of para-hydroxylation sites is 1. The van der Waals surface area contributed by atoms with Gasteiger partial charge in [-0.2, -0.15) is 0 Å². The highest BCUT2D eigenvalue weighted by Gasteiger charge is 2.18. The highest BCUT2D eigenvalue weighted by Crippen LogP contribution is 2.39. The first-order chi connectivity index (χ1) is 17.0. The topological polar surface area (TPSA) is 106 Å². The van der Waals surface area contributed by atoms with Gasteiger partial charge < -0.3 is 18.8 Å². The number of fused-ring (bicyclic) bond motifs is 2. The number of aromatic nitrogens is 1. The molecule has 3 aromatic carbocycles. The van der Waals surface area contributed by atoms with Crippen LogP contribution in [0.2, 0.25) is 5.02 Å². The van der Waals surface area contributed by atoms with Crippen molar-refractivity contribution in [2.75, 3.05) is 6.61 Å². The van der Waals surface area contributed by atoms with Gasteiger partial charge in [0.1, 0.15) is 11.3 Å². The molecule has 0 spiro atoms. The minimum atomic E-state index is -0.651. The highest BCUT2D eigenvalue weighted by atomic mass is 35.5. The van der Waals surface area contributed by atoms with Crippen LogP contribution in [0.5, 0.6) is 11.6 Å². The number of halogens is 1. The van der Waals surface area contributed by atoms with Gasteiger partial charge in [0.2, 0.25) is 5.88 Å². The number of nitrogens with zero attached hydrogens (tertiary/aromatic N) is 3. The Hall–Kier alpha value is -4.43. The molecule has 9 heteroatoms. The molecule has 0 aliphatic rings. The summed E-state index contributed by atoms with van der Waals surface area (Å²) in [6.07, 6.45) is 0. The maximum atomic E-state index is 12.3. The third-order valence-corrected chi connectivity index (χ3v) is 5.79. The van der Waals surface area contributed by atoms with Crippen molar-refractivity contribution >= 4 is 45.1 Å². The lowest BCUT2D eigenvalue weighted by Gasteiger charge is -2.08. The van der Waals surface area contributed by atoms with E-state index in [1.807, 2.05) is 36.4 Å². The Balaban J connectivity index is 1.36. The van der Waals surface area contributed by atoms with Gasteiger partial charge in [-0.3, -0.25) is 4.79 Å². The van der Waals surface area contributed by atoms with Crippen molar-refractivity contribution in [2.45, 2.75) is 6.54 Å². The average molecular weight is 488 g/mol. The van der Waals surface area contributed by atoms with Crippen molar-refractivity contribution in [3.63, 3.8) is 0 Å². The summed E-state index contributed by atoms with van der Waals surface area (Å²) >= 11 is 6.30. The van der Waals surface area contributed by atoms with Gasteiger partial charge in [0.15, 0.2) is 12.3 Å². The van der Waals surface area contributed by atoms with E-state index >= 15 is 0 Å². The van der Waals surface area contributed by atoms with Gasteiger partial charge in [0, 0.05) is 27.9 Å². The van der Waals surface area contributed by atoms with Crippen molar-refractivity contribution in [1.82, 2.24) is 4.57 Å². The van der Waals surface area contributed by atoms with E-state index < -0.39 is 11.5 Å². The molecule has 1 N–H and O–H groups in total. The smallest absolute Gasteiger partial charge is 0.336 e. The van der Waals surface area contributed by atoms with Gasteiger partial charge in [0.05, 0.1) is 12.1 Å². The van der Waals surface area contributed by atoms with E-state index in [-0.39, 0.29) is 18.2 Å². The molecule has 0 radical (unpaired) electrons. The lowest BCUT2D eigenvalue weighted by atomic mass is 10.2. The Morgan fingerprint density at radius 1 is 1.03 bits per heavy atom. The first kappa shape index (κ1) is 22.4. The third-order valence-electron chi connectivity index (χ3n) is 5.42. The Kier molecular flexibility index (Phi) is 6.03. The first-order valence-electron chi connectivity index (χ1n) is 10.6. The van der Waals surface area contributed by atoms with Crippen molar-refractivity contribution in [2.24, 2.45) is 10.2 Å². The molecule has 0 aliphatic carbocycles. The molecule has 0 fully saturated rings. The van der Waals surface area contributed by atoms with Gasteiger partial charge in [-0.25, -0.2) is 4.79 Å². The fraction of sp³-hybridized carbons (Fsp3) is 0.0769.